The second kappa shape index (κ2) is 4.46. The molecule has 16 heavy (non-hydrogen) atoms. The van der Waals surface area contributed by atoms with Crippen molar-refractivity contribution in [3.05, 3.63) is 0 Å². The smallest absolute Gasteiger partial charge is 0.136 e. The molecule has 3 heteroatoms. The molecule has 0 amide bonds. The van der Waals surface area contributed by atoms with Crippen LogP contribution in [0.15, 0.2) is 0 Å². The highest BCUT2D eigenvalue weighted by molar-refractivity contribution is 5.81. The Hall–Kier alpha value is -0.410. The summed E-state index contributed by atoms with van der Waals surface area (Å²) in [4.78, 5) is 16.4. The number of Topliss-reactive ketones (excluding diaryl/α,β-unsaturated/α-hetero) is 1. The zero-order valence-electron chi connectivity index (χ0n) is 11.6. The van der Waals surface area contributed by atoms with Gasteiger partial charge in [0.1, 0.15) is 5.78 Å². The number of hydrogen-bond acceptors (Lipinski definition) is 3. The minimum atomic E-state index is -0.00512. The van der Waals surface area contributed by atoms with Gasteiger partial charge in [0, 0.05) is 37.0 Å². The normalized spacial score (nSPS) is 25.1. The predicted octanol–water partition coefficient (Wildman–Crippen LogP) is 1.77. The highest BCUT2D eigenvalue weighted by Gasteiger charge is 2.44. The van der Waals surface area contributed by atoms with Crippen LogP contribution in [0, 0.1) is 0 Å². The molecule has 0 N–H and O–H groups in total. The molecular formula is C13H26N2O. The zero-order valence-corrected chi connectivity index (χ0v) is 11.6. The van der Waals surface area contributed by atoms with Crippen LogP contribution in [0.3, 0.4) is 0 Å². The first-order valence-electron chi connectivity index (χ1n) is 6.09. The Kier molecular flexibility index (Phi) is 3.80. The molecule has 1 aliphatic heterocycles. The van der Waals surface area contributed by atoms with E-state index in [1.165, 1.54) is 0 Å². The fraction of sp³-hybridized carbons (Fsp3) is 0.923. The van der Waals surface area contributed by atoms with Crippen molar-refractivity contribution in [2.45, 2.75) is 51.6 Å². The fourth-order valence-corrected chi connectivity index (χ4v) is 2.94. The lowest BCUT2D eigenvalue weighted by atomic mass is 9.79. The summed E-state index contributed by atoms with van der Waals surface area (Å²) in [5, 5.41) is 0. The van der Waals surface area contributed by atoms with Crippen LogP contribution in [0.4, 0.5) is 0 Å². The van der Waals surface area contributed by atoms with E-state index in [2.05, 4.69) is 51.6 Å². The molecule has 0 aromatic rings. The molecule has 0 aliphatic carbocycles. The van der Waals surface area contributed by atoms with Crippen molar-refractivity contribution in [2.24, 2.45) is 0 Å². The van der Waals surface area contributed by atoms with E-state index < -0.39 is 0 Å². The Morgan fingerprint density at radius 3 is 1.94 bits per heavy atom. The first kappa shape index (κ1) is 13.7. The largest absolute Gasteiger partial charge is 0.308 e. The van der Waals surface area contributed by atoms with Crippen molar-refractivity contribution in [3.63, 3.8) is 0 Å². The Bertz CT molecular complexity index is 249. The average molecular weight is 226 g/mol. The molecule has 1 heterocycles. The molecule has 0 bridgehead atoms. The van der Waals surface area contributed by atoms with Crippen LogP contribution in [-0.4, -0.2) is 53.8 Å². The third-order valence-corrected chi connectivity index (χ3v) is 3.49. The van der Waals surface area contributed by atoms with Crippen molar-refractivity contribution < 1.29 is 4.79 Å². The van der Waals surface area contributed by atoms with Crippen LogP contribution in [-0.2, 0) is 4.79 Å². The van der Waals surface area contributed by atoms with Crippen LogP contribution in [0.1, 0.15) is 40.5 Å². The zero-order chi connectivity index (χ0) is 12.6. The van der Waals surface area contributed by atoms with E-state index in [-0.39, 0.29) is 11.1 Å². The van der Waals surface area contributed by atoms with E-state index in [4.69, 9.17) is 0 Å². The van der Waals surface area contributed by atoms with Gasteiger partial charge in [0.05, 0.1) is 0 Å². The molecular weight excluding hydrogens is 200 g/mol. The van der Waals surface area contributed by atoms with Crippen molar-refractivity contribution in [3.8, 4) is 0 Å². The summed E-state index contributed by atoms with van der Waals surface area (Å²) in [5.74, 6) is 0.399. The molecule has 3 nitrogen and oxygen atoms in total. The highest BCUT2D eigenvalue weighted by atomic mass is 16.1. The molecule has 1 aliphatic rings. The van der Waals surface area contributed by atoms with E-state index in [1.54, 1.807) is 0 Å². The van der Waals surface area contributed by atoms with Gasteiger partial charge in [-0.1, -0.05) is 0 Å². The van der Waals surface area contributed by atoms with E-state index >= 15 is 0 Å². The molecule has 0 saturated carbocycles. The summed E-state index contributed by atoms with van der Waals surface area (Å²) < 4.78 is 0. The summed E-state index contributed by atoms with van der Waals surface area (Å²) in [6.45, 7) is 10.8. The standard InChI is InChI=1S/C13H26N2O/c1-12(2)9-11(16)10-13(3,4)15(12)8-7-14(5)6/h7-10H2,1-6H3. The van der Waals surface area contributed by atoms with Gasteiger partial charge in [-0.05, 0) is 41.8 Å². The van der Waals surface area contributed by atoms with Crippen LogP contribution in [0.25, 0.3) is 0 Å². The fourth-order valence-electron chi connectivity index (χ4n) is 2.94. The topological polar surface area (TPSA) is 23.6 Å². The third-order valence-electron chi connectivity index (χ3n) is 3.49. The summed E-state index contributed by atoms with van der Waals surface area (Å²) in [6, 6.07) is 0. The Morgan fingerprint density at radius 2 is 1.56 bits per heavy atom. The van der Waals surface area contributed by atoms with Gasteiger partial charge >= 0.3 is 0 Å². The quantitative estimate of drug-likeness (QED) is 0.733. The number of carbonyl (C=O) groups is 1. The molecule has 1 saturated heterocycles. The molecule has 94 valence electrons. The second-order valence-corrected chi connectivity index (χ2v) is 6.47. The molecule has 0 aromatic carbocycles. The van der Waals surface area contributed by atoms with Gasteiger partial charge < -0.3 is 4.90 Å². The van der Waals surface area contributed by atoms with Gasteiger partial charge in [0.25, 0.3) is 0 Å². The summed E-state index contributed by atoms with van der Waals surface area (Å²) in [7, 11) is 4.18. The van der Waals surface area contributed by atoms with Crippen molar-refractivity contribution in [1.82, 2.24) is 9.80 Å². The summed E-state index contributed by atoms with van der Waals surface area (Å²) in [6.07, 6.45) is 1.37. The molecule has 0 spiro atoms. The predicted molar refractivity (Wildman–Crippen MR) is 67.7 cm³/mol. The minimum Gasteiger partial charge on any atom is -0.308 e. The maximum atomic E-state index is 11.7. The number of piperidine rings is 1. The second-order valence-electron chi connectivity index (χ2n) is 6.47. The van der Waals surface area contributed by atoms with Gasteiger partial charge in [-0.15, -0.1) is 0 Å². The first-order valence-corrected chi connectivity index (χ1v) is 6.09. The number of likely N-dealkylation sites (tertiary alicyclic amines) is 1. The van der Waals surface area contributed by atoms with E-state index in [9.17, 15) is 4.79 Å². The average Bonchev–Trinajstić information content (AvgIpc) is 1.96. The number of likely N-dealkylation sites (N-methyl/N-ethyl adjacent to an activating group) is 1. The molecule has 0 unspecified atom stereocenters. The lowest BCUT2D eigenvalue weighted by molar-refractivity contribution is -0.133. The third kappa shape index (κ3) is 3.05. The van der Waals surface area contributed by atoms with Gasteiger partial charge in [-0.2, -0.15) is 0 Å². The van der Waals surface area contributed by atoms with Crippen molar-refractivity contribution in [1.29, 1.82) is 0 Å². The van der Waals surface area contributed by atoms with Gasteiger partial charge in [-0.25, -0.2) is 0 Å². The minimum absolute atomic E-state index is 0.00512. The van der Waals surface area contributed by atoms with Crippen molar-refractivity contribution >= 4 is 5.78 Å². The Balaban J connectivity index is 2.80. The van der Waals surface area contributed by atoms with Gasteiger partial charge in [0.15, 0.2) is 0 Å². The number of nitrogens with zero attached hydrogens (tertiary/aromatic N) is 2. The number of hydrogen-bond donors (Lipinski definition) is 0. The molecule has 0 atom stereocenters. The van der Waals surface area contributed by atoms with E-state index in [0.29, 0.717) is 18.6 Å². The Morgan fingerprint density at radius 1 is 1.12 bits per heavy atom. The molecule has 1 rings (SSSR count). The molecule has 1 fully saturated rings. The first-order chi connectivity index (χ1) is 7.15. The maximum absolute atomic E-state index is 11.7. The van der Waals surface area contributed by atoms with Gasteiger partial charge in [0.2, 0.25) is 0 Å². The maximum Gasteiger partial charge on any atom is 0.136 e. The number of rotatable bonds is 3. The molecule has 0 radical (unpaired) electrons. The van der Waals surface area contributed by atoms with Crippen LogP contribution >= 0.6 is 0 Å². The van der Waals surface area contributed by atoms with Gasteiger partial charge in [-0.3, -0.25) is 9.69 Å². The summed E-state index contributed by atoms with van der Waals surface area (Å²) >= 11 is 0. The van der Waals surface area contributed by atoms with Crippen LogP contribution in [0.5, 0.6) is 0 Å². The monoisotopic (exact) mass is 226 g/mol. The summed E-state index contributed by atoms with van der Waals surface area (Å²) in [5.41, 5.74) is -0.0102. The van der Waals surface area contributed by atoms with Crippen LogP contribution < -0.4 is 0 Å². The lowest BCUT2D eigenvalue weighted by Gasteiger charge is -2.52. The SMILES string of the molecule is CN(C)CCN1C(C)(C)CC(=O)CC1(C)C. The lowest BCUT2D eigenvalue weighted by Crippen LogP contribution is -2.62. The molecule has 0 aromatic heterocycles. The van der Waals surface area contributed by atoms with E-state index in [1.807, 2.05) is 0 Å². The van der Waals surface area contributed by atoms with Crippen molar-refractivity contribution in [2.75, 3.05) is 27.2 Å². The number of ketones is 1. The number of carbonyl (C=O) groups excluding carboxylic acids is 1. The van der Waals surface area contributed by atoms with Crippen LogP contribution in [0.2, 0.25) is 0 Å². The highest BCUT2D eigenvalue weighted by Crippen LogP contribution is 2.35. The van der Waals surface area contributed by atoms with E-state index in [0.717, 1.165) is 13.1 Å². The Labute approximate surface area is 99.8 Å².